The molecule has 0 unspecified atom stereocenters. The van der Waals surface area contributed by atoms with Crippen LogP contribution in [0.4, 0.5) is 34.1 Å². The Kier molecular flexibility index (Phi) is 8.31. The van der Waals surface area contributed by atoms with E-state index >= 15 is 0 Å². The third kappa shape index (κ3) is 5.74. The van der Waals surface area contributed by atoms with E-state index in [9.17, 15) is 0 Å². The molecule has 0 spiro atoms. The monoisotopic (exact) mass is 832 g/mol. The van der Waals surface area contributed by atoms with Gasteiger partial charge in [-0.1, -0.05) is 153 Å². The van der Waals surface area contributed by atoms with Crippen LogP contribution in [0.2, 0.25) is 0 Å². The van der Waals surface area contributed by atoms with Crippen molar-refractivity contribution in [1.29, 1.82) is 0 Å². The van der Waals surface area contributed by atoms with Crippen molar-refractivity contribution < 1.29 is 0 Å². The number of thiophene rings is 2. The molecule has 2 heterocycles. The Balaban J connectivity index is 1.25. The van der Waals surface area contributed by atoms with Gasteiger partial charge in [-0.3, -0.25) is 0 Å². The molecule has 0 aliphatic heterocycles. The lowest BCUT2D eigenvalue weighted by Gasteiger charge is -2.33. The van der Waals surface area contributed by atoms with E-state index in [2.05, 4.69) is 220 Å². The average Bonchev–Trinajstić information content (AvgIpc) is 3.87. The number of benzene rings is 10. The molecule has 2 aromatic heterocycles. The smallest absolute Gasteiger partial charge is 0.0640 e. The minimum absolute atomic E-state index is 0.0110. The number of nitrogens with zero attached hydrogens (tertiary/aromatic N) is 2. The van der Waals surface area contributed by atoms with Gasteiger partial charge in [-0.25, -0.2) is 0 Å². The predicted octanol–water partition coefficient (Wildman–Crippen LogP) is 18.2. The number of rotatable bonds is 6. The minimum atomic E-state index is 0.0110. The number of fused-ring (bicyclic) bond motifs is 6. The molecular formula is C58H44N2S2. The third-order valence-corrected chi connectivity index (χ3v) is 15.3. The fourth-order valence-corrected chi connectivity index (χ4v) is 12.1. The Labute approximate surface area is 369 Å². The van der Waals surface area contributed by atoms with Gasteiger partial charge in [0.1, 0.15) is 0 Å². The first-order valence-electron chi connectivity index (χ1n) is 21.5. The van der Waals surface area contributed by atoms with Crippen molar-refractivity contribution in [2.75, 3.05) is 9.80 Å². The van der Waals surface area contributed by atoms with Crippen molar-refractivity contribution in [3.8, 4) is 0 Å². The van der Waals surface area contributed by atoms with Crippen molar-refractivity contribution in [3.63, 3.8) is 0 Å². The summed E-state index contributed by atoms with van der Waals surface area (Å²) >= 11 is 3.77. The number of hydrogen-bond acceptors (Lipinski definition) is 4. The van der Waals surface area contributed by atoms with E-state index in [0.717, 1.165) is 22.7 Å². The van der Waals surface area contributed by atoms with Gasteiger partial charge in [0.25, 0.3) is 0 Å². The van der Waals surface area contributed by atoms with Crippen LogP contribution in [-0.2, 0) is 5.41 Å². The quantitative estimate of drug-likeness (QED) is 0.154. The van der Waals surface area contributed by atoms with Gasteiger partial charge >= 0.3 is 0 Å². The highest BCUT2D eigenvalue weighted by atomic mass is 32.1. The second-order valence-electron chi connectivity index (χ2n) is 17.9. The molecule has 2 nitrogen and oxygen atoms in total. The van der Waals surface area contributed by atoms with E-state index < -0.39 is 0 Å². The standard InChI is InChI=1S/C58H44N2S2/c1-35-20-26-40(27-21-35)59(48-16-10-14-44-42-12-6-8-18-52(42)61-56(44)48)50-34-51(47-31-25-38-33-39(58(3,4)5)32-37-24-30-46(50)55(47)54(37)38)60(41-28-22-36(2)23-29-41)49-17-11-15-45-43-13-7-9-19-53(43)62-57(45)49/h6-34H,1-5H3. The molecule has 0 N–H and O–H groups in total. The molecule has 298 valence electrons. The van der Waals surface area contributed by atoms with Gasteiger partial charge in [0.15, 0.2) is 0 Å². The van der Waals surface area contributed by atoms with Crippen LogP contribution in [0.1, 0.15) is 37.5 Å². The lowest BCUT2D eigenvalue weighted by Crippen LogP contribution is -2.15. The van der Waals surface area contributed by atoms with Crippen LogP contribution in [0.3, 0.4) is 0 Å². The van der Waals surface area contributed by atoms with Crippen LogP contribution in [0.5, 0.6) is 0 Å². The van der Waals surface area contributed by atoms with Crippen molar-refractivity contribution in [1.82, 2.24) is 0 Å². The van der Waals surface area contributed by atoms with Crippen LogP contribution in [0.15, 0.2) is 176 Å². The predicted molar refractivity (Wildman–Crippen MR) is 273 cm³/mol. The third-order valence-electron chi connectivity index (χ3n) is 12.9. The van der Waals surface area contributed by atoms with Gasteiger partial charge < -0.3 is 9.80 Å². The van der Waals surface area contributed by atoms with Crippen molar-refractivity contribution >= 4 is 129 Å². The summed E-state index contributed by atoms with van der Waals surface area (Å²) < 4.78 is 5.15. The Bertz CT molecular complexity index is 3470. The maximum atomic E-state index is 2.54. The normalized spacial score (nSPS) is 12.3. The van der Waals surface area contributed by atoms with Gasteiger partial charge in [-0.05, 0) is 95.6 Å². The fourth-order valence-electron chi connectivity index (χ4n) is 9.70. The maximum Gasteiger partial charge on any atom is 0.0640 e. The summed E-state index contributed by atoms with van der Waals surface area (Å²) in [5, 5.41) is 12.8. The average molecular weight is 833 g/mol. The first kappa shape index (κ1) is 37.1. The van der Waals surface area contributed by atoms with Gasteiger partial charge in [-0.15, -0.1) is 22.7 Å². The molecule has 0 bridgehead atoms. The molecule has 0 amide bonds. The molecule has 0 atom stereocenters. The Morgan fingerprint density at radius 1 is 0.371 bits per heavy atom. The van der Waals surface area contributed by atoms with E-state index in [1.807, 2.05) is 22.7 Å². The molecule has 0 aliphatic carbocycles. The summed E-state index contributed by atoms with van der Waals surface area (Å²) in [6.07, 6.45) is 0. The Morgan fingerprint density at radius 2 is 0.806 bits per heavy atom. The molecule has 0 aliphatic rings. The largest absolute Gasteiger partial charge is 0.308 e. The number of anilines is 6. The highest BCUT2D eigenvalue weighted by molar-refractivity contribution is 7.26. The van der Waals surface area contributed by atoms with Gasteiger partial charge in [0, 0.05) is 58.5 Å². The summed E-state index contributed by atoms with van der Waals surface area (Å²) in [7, 11) is 0. The van der Waals surface area contributed by atoms with E-state index in [1.54, 1.807) is 0 Å². The molecule has 12 aromatic rings. The van der Waals surface area contributed by atoms with Crippen LogP contribution in [0, 0.1) is 13.8 Å². The first-order valence-corrected chi connectivity index (χ1v) is 23.1. The molecular weight excluding hydrogens is 789 g/mol. The van der Waals surface area contributed by atoms with Crippen molar-refractivity contribution in [3.05, 3.63) is 193 Å². The summed E-state index contributed by atoms with van der Waals surface area (Å²) in [4.78, 5) is 5.08. The van der Waals surface area contributed by atoms with E-state index in [1.165, 1.54) is 101 Å². The SMILES string of the molecule is Cc1ccc(N(c2cc(N(c3ccc(C)cc3)c3cccc4c3sc3ccccc34)c3ccc4cc(C(C)(C)C)cc5ccc2c3c54)c2cccc3c2sc2ccccc23)cc1. The molecule has 62 heavy (non-hydrogen) atoms. The molecule has 0 radical (unpaired) electrons. The van der Waals surface area contributed by atoms with E-state index in [-0.39, 0.29) is 5.41 Å². The second-order valence-corrected chi connectivity index (χ2v) is 20.0. The van der Waals surface area contributed by atoms with Gasteiger partial charge in [-0.2, -0.15) is 0 Å². The highest BCUT2D eigenvalue weighted by Crippen LogP contribution is 2.54. The summed E-state index contributed by atoms with van der Waals surface area (Å²) in [5.41, 5.74) is 10.7. The highest BCUT2D eigenvalue weighted by Gasteiger charge is 2.28. The lowest BCUT2D eigenvalue weighted by atomic mass is 9.83. The molecule has 0 saturated heterocycles. The Morgan fingerprint density at radius 3 is 1.26 bits per heavy atom. The topological polar surface area (TPSA) is 6.48 Å². The van der Waals surface area contributed by atoms with Crippen LogP contribution < -0.4 is 9.80 Å². The fraction of sp³-hybridized carbons (Fsp3) is 0.103. The van der Waals surface area contributed by atoms with Crippen LogP contribution >= 0.6 is 22.7 Å². The van der Waals surface area contributed by atoms with Gasteiger partial charge in [0.2, 0.25) is 0 Å². The Hall–Kier alpha value is -6.72. The lowest BCUT2D eigenvalue weighted by molar-refractivity contribution is 0.591. The second kappa shape index (κ2) is 13.9. The molecule has 12 rings (SSSR count). The number of hydrogen-bond donors (Lipinski definition) is 0. The summed E-state index contributed by atoms with van der Waals surface area (Å²) in [6.45, 7) is 11.3. The zero-order valence-corrected chi connectivity index (χ0v) is 37.1. The van der Waals surface area contributed by atoms with E-state index in [4.69, 9.17) is 0 Å². The summed E-state index contributed by atoms with van der Waals surface area (Å²) in [6, 6.07) is 66.4. The molecule has 10 aromatic carbocycles. The van der Waals surface area contributed by atoms with E-state index in [0.29, 0.717) is 0 Å². The van der Waals surface area contributed by atoms with Crippen molar-refractivity contribution in [2.45, 2.75) is 40.0 Å². The molecule has 4 heteroatoms. The zero-order chi connectivity index (χ0) is 41.9. The molecule has 0 fully saturated rings. The zero-order valence-electron chi connectivity index (χ0n) is 35.5. The first-order chi connectivity index (χ1) is 30.2. The minimum Gasteiger partial charge on any atom is -0.308 e. The maximum absolute atomic E-state index is 2.54. The van der Waals surface area contributed by atoms with Crippen LogP contribution in [0.25, 0.3) is 72.7 Å². The van der Waals surface area contributed by atoms with Gasteiger partial charge in [0.05, 0.1) is 32.1 Å². The van der Waals surface area contributed by atoms with Crippen molar-refractivity contribution in [2.24, 2.45) is 0 Å². The van der Waals surface area contributed by atoms with Crippen LogP contribution in [-0.4, -0.2) is 0 Å². The molecule has 0 saturated carbocycles. The summed E-state index contributed by atoms with van der Waals surface area (Å²) in [5.74, 6) is 0. The number of aryl methyl sites for hydroxylation is 2.